The molecule has 1 unspecified atom stereocenters. The van der Waals surface area contributed by atoms with E-state index < -0.39 is 11.6 Å². The number of carbonyl (C=O) groups is 3. The second kappa shape index (κ2) is 11.3. The number of benzene rings is 2. The Bertz CT molecular complexity index is 1290. The van der Waals surface area contributed by atoms with Gasteiger partial charge in [-0.1, -0.05) is 62.2 Å². The van der Waals surface area contributed by atoms with Crippen molar-refractivity contribution >= 4 is 46.7 Å². The van der Waals surface area contributed by atoms with Gasteiger partial charge in [0.2, 0.25) is 0 Å². The zero-order valence-corrected chi connectivity index (χ0v) is 24.3. The SMILES string of the molecule is CC(c1ccc(C(=O)NCCC(=O)O)cc1)N1C(=O)C(c2ccc(Cl)c(Cl)c2)=NC12CCC(C(C)(C)C)CC2. The van der Waals surface area contributed by atoms with Gasteiger partial charge in [0.15, 0.2) is 0 Å². The van der Waals surface area contributed by atoms with Gasteiger partial charge in [0, 0.05) is 17.7 Å². The van der Waals surface area contributed by atoms with Crippen molar-refractivity contribution in [1.29, 1.82) is 0 Å². The van der Waals surface area contributed by atoms with Crippen molar-refractivity contribution in [2.75, 3.05) is 6.54 Å². The molecule has 9 heteroatoms. The molecule has 0 aromatic heterocycles. The third-order valence-electron chi connectivity index (χ3n) is 8.06. The van der Waals surface area contributed by atoms with Crippen molar-refractivity contribution in [1.82, 2.24) is 10.2 Å². The summed E-state index contributed by atoms with van der Waals surface area (Å²) in [7, 11) is 0. The first-order valence-electron chi connectivity index (χ1n) is 13.3. The van der Waals surface area contributed by atoms with Gasteiger partial charge in [0.1, 0.15) is 11.4 Å². The molecule has 2 N–H and O–H groups in total. The summed E-state index contributed by atoms with van der Waals surface area (Å²) in [5, 5.41) is 12.2. The lowest BCUT2D eigenvalue weighted by atomic mass is 9.69. The first kappa shape index (κ1) is 29.1. The highest BCUT2D eigenvalue weighted by atomic mass is 35.5. The zero-order chi connectivity index (χ0) is 28.5. The third-order valence-corrected chi connectivity index (χ3v) is 8.80. The minimum absolute atomic E-state index is 0.0571. The zero-order valence-electron chi connectivity index (χ0n) is 22.8. The van der Waals surface area contributed by atoms with Crippen LogP contribution in [-0.4, -0.2) is 45.7 Å². The normalized spacial score (nSPS) is 22.1. The molecule has 7 nitrogen and oxygen atoms in total. The van der Waals surface area contributed by atoms with Gasteiger partial charge in [0.05, 0.1) is 22.5 Å². The van der Waals surface area contributed by atoms with Crippen molar-refractivity contribution in [3.05, 3.63) is 69.2 Å². The van der Waals surface area contributed by atoms with Gasteiger partial charge < -0.3 is 15.3 Å². The van der Waals surface area contributed by atoms with E-state index in [2.05, 4.69) is 26.1 Å². The summed E-state index contributed by atoms with van der Waals surface area (Å²) in [5.41, 5.74) is 1.87. The molecular formula is C30H35Cl2N3O4. The number of nitrogens with zero attached hydrogens (tertiary/aromatic N) is 2. The summed E-state index contributed by atoms with van der Waals surface area (Å²) < 4.78 is 0. The number of aliphatic carboxylic acids is 1. The van der Waals surface area contributed by atoms with E-state index in [9.17, 15) is 14.4 Å². The van der Waals surface area contributed by atoms with Crippen molar-refractivity contribution in [3.63, 3.8) is 0 Å². The molecule has 1 saturated carbocycles. The molecular weight excluding hydrogens is 537 g/mol. The fraction of sp³-hybridized carbons (Fsp3) is 0.467. The van der Waals surface area contributed by atoms with Crippen LogP contribution in [0.4, 0.5) is 0 Å². The molecule has 39 heavy (non-hydrogen) atoms. The van der Waals surface area contributed by atoms with Gasteiger partial charge in [-0.05, 0) is 73.8 Å². The van der Waals surface area contributed by atoms with Crippen LogP contribution in [0.2, 0.25) is 10.0 Å². The second-order valence-electron chi connectivity index (χ2n) is 11.6. The lowest BCUT2D eigenvalue weighted by Crippen LogP contribution is -2.50. The van der Waals surface area contributed by atoms with E-state index in [0.29, 0.717) is 32.8 Å². The van der Waals surface area contributed by atoms with Crippen LogP contribution < -0.4 is 5.32 Å². The first-order valence-corrected chi connectivity index (χ1v) is 14.1. The minimum atomic E-state index is -0.970. The Balaban J connectivity index is 1.62. The number of halogens is 2. The first-order chi connectivity index (χ1) is 18.3. The number of amides is 2. The van der Waals surface area contributed by atoms with Gasteiger partial charge in [-0.2, -0.15) is 0 Å². The topological polar surface area (TPSA) is 99.1 Å². The molecule has 2 aliphatic rings. The van der Waals surface area contributed by atoms with Gasteiger partial charge in [-0.15, -0.1) is 0 Å². The van der Waals surface area contributed by atoms with Gasteiger partial charge in [0.25, 0.3) is 11.8 Å². The average Bonchev–Trinajstić information content (AvgIpc) is 3.16. The molecule has 0 bridgehead atoms. The number of nitrogens with one attached hydrogen (secondary N) is 1. The van der Waals surface area contributed by atoms with Crippen LogP contribution in [0.25, 0.3) is 0 Å². The van der Waals surface area contributed by atoms with E-state index in [1.807, 2.05) is 24.0 Å². The number of carboxylic acid groups (broad SMARTS) is 1. The fourth-order valence-electron chi connectivity index (χ4n) is 5.73. The molecule has 1 atom stereocenters. The maximum atomic E-state index is 14.0. The Morgan fingerprint density at radius 3 is 2.31 bits per heavy atom. The highest BCUT2D eigenvalue weighted by Gasteiger charge is 2.52. The highest BCUT2D eigenvalue weighted by Crippen LogP contribution is 2.49. The standard InChI is InChI=1S/C30H35Cl2N3O4/c1-18(19-5-7-20(8-6-19)27(38)33-16-13-25(36)37)35-28(39)26(21-9-10-23(31)24(32)17-21)34-30(35)14-11-22(12-15-30)29(2,3)4/h5-10,17-18,22H,11-16H2,1-4H3,(H,33,38)(H,36,37). The van der Waals surface area contributed by atoms with E-state index in [4.69, 9.17) is 33.3 Å². The summed E-state index contributed by atoms with van der Waals surface area (Å²) in [6, 6.07) is 12.0. The Kier molecular flexibility index (Phi) is 8.43. The van der Waals surface area contributed by atoms with Crippen molar-refractivity contribution < 1.29 is 19.5 Å². The Hall–Kier alpha value is -2.90. The Morgan fingerprint density at radius 1 is 1.10 bits per heavy atom. The number of hydrogen-bond acceptors (Lipinski definition) is 4. The largest absolute Gasteiger partial charge is 0.481 e. The maximum Gasteiger partial charge on any atom is 0.305 e. The molecule has 1 heterocycles. The Morgan fingerprint density at radius 2 is 1.74 bits per heavy atom. The summed E-state index contributed by atoms with van der Waals surface area (Å²) in [6.07, 6.45) is 3.32. The fourth-order valence-corrected chi connectivity index (χ4v) is 6.02. The van der Waals surface area contributed by atoms with Gasteiger partial charge >= 0.3 is 5.97 Å². The summed E-state index contributed by atoms with van der Waals surface area (Å²) in [5.74, 6) is -0.915. The van der Waals surface area contributed by atoms with Gasteiger partial charge in [-0.25, -0.2) is 0 Å². The quantitative estimate of drug-likeness (QED) is 0.395. The van der Waals surface area contributed by atoms with Crippen LogP contribution in [-0.2, 0) is 9.59 Å². The van der Waals surface area contributed by atoms with Gasteiger partial charge in [-0.3, -0.25) is 19.4 Å². The molecule has 1 fully saturated rings. The monoisotopic (exact) mass is 571 g/mol. The van der Waals surface area contributed by atoms with Crippen molar-refractivity contribution in [2.45, 2.75) is 71.5 Å². The third kappa shape index (κ3) is 6.15. The highest BCUT2D eigenvalue weighted by molar-refractivity contribution is 6.48. The second-order valence-corrected chi connectivity index (χ2v) is 12.4. The summed E-state index contributed by atoms with van der Waals surface area (Å²) in [4.78, 5) is 44.2. The molecule has 1 spiro atoms. The summed E-state index contributed by atoms with van der Waals surface area (Å²) in [6.45, 7) is 8.84. The molecule has 4 rings (SSSR count). The van der Waals surface area contributed by atoms with Crippen LogP contribution in [0.5, 0.6) is 0 Å². The van der Waals surface area contributed by atoms with Crippen molar-refractivity contribution in [2.24, 2.45) is 16.3 Å². The molecule has 0 radical (unpaired) electrons. The smallest absolute Gasteiger partial charge is 0.305 e. The molecule has 2 amide bonds. The molecule has 2 aromatic carbocycles. The maximum absolute atomic E-state index is 14.0. The predicted molar refractivity (Wildman–Crippen MR) is 153 cm³/mol. The number of hydrogen-bond donors (Lipinski definition) is 2. The summed E-state index contributed by atoms with van der Waals surface area (Å²) >= 11 is 12.4. The minimum Gasteiger partial charge on any atom is -0.481 e. The predicted octanol–water partition coefficient (Wildman–Crippen LogP) is 6.52. The van der Waals surface area contributed by atoms with Crippen LogP contribution in [0.3, 0.4) is 0 Å². The van der Waals surface area contributed by atoms with E-state index in [0.717, 1.165) is 31.2 Å². The molecule has 2 aromatic rings. The average molecular weight is 573 g/mol. The van der Waals surface area contributed by atoms with E-state index in [-0.39, 0.29) is 36.2 Å². The number of aliphatic imine (C=N–C) groups is 1. The van der Waals surface area contributed by atoms with Crippen LogP contribution in [0, 0.1) is 11.3 Å². The molecule has 0 saturated heterocycles. The van der Waals surface area contributed by atoms with Crippen LogP contribution >= 0.6 is 23.2 Å². The molecule has 1 aliphatic carbocycles. The molecule has 208 valence electrons. The van der Waals surface area contributed by atoms with Crippen LogP contribution in [0.15, 0.2) is 47.5 Å². The number of rotatable bonds is 7. The van der Waals surface area contributed by atoms with Crippen LogP contribution in [0.1, 0.15) is 87.3 Å². The molecule has 1 aliphatic heterocycles. The van der Waals surface area contributed by atoms with E-state index in [1.54, 1.807) is 30.3 Å². The lowest BCUT2D eigenvalue weighted by Gasteiger charge is -2.46. The Labute approximate surface area is 239 Å². The number of carbonyl (C=O) groups excluding carboxylic acids is 2. The van der Waals surface area contributed by atoms with E-state index in [1.165, 1.54) is 0 Å². The van der Waals surface area contributed by atoms with E-state index >= 15 is 0 Å². The number of carboxylic acids is 1. The lowest BCUT2D eigenvalue weighted by molar-refractivity contribution is -0.137. The van der Waals surface area contributed by atoms with Crippen molar-refractivity contribution in [3.8, 4) is 0 Å².